The fourth-order valence-electron chi connectivity index (χ4n) is 6.49. The van der Waals surface area contributed by atoms with Gasteiger partial charge in [0.2, 0.25) is 0 Å². The second-order valence-electron chi connectivity index (χ2n) is 16.0. The Labute approximate surface area is 369 Å². The van der Waals surface area contributed by atoms with Crippen LogP contribution in [-0.4, -0.2) is 37.2 Å². The van der Waals surface area contributed by atoms with Crippen molar-refractivity contribution in [3.8, 4) is 0 Å². The minimum Gasteiger partial charge on any atom is -0.462 e. The molecule has 0 heterocycles. The Bertz CT molecular complexity index is 1190. The SMILES string of the molecule is CC/C=C\C/C=C\C/C=C\C/C=C\C/C=C\C/C=C\C/C=C\CCCC(=O)OCC(COC(=O)CCCCCCC)OC(=O)CCCCCCCCCCCCCCCC. The first-order chi connectivity index (χ1) is 29.5. The molecule has 0 aromatic heterocycles. The Morgan fingerprint density at radius 1 is 0.350 bits per heavy atom. The van der Waals surface area contributed by atoms with Gasteiger partial charge in [0.15, 0.2) is 6.10 Å². The first-order valence-corrected chi connectivity index (χ1v) is 24.6. The molecule has 60 heavy (non-hydrogen) atoms. The van der Waals surface area contributed by atoms with Crippen molar-refractivity contribution < 1.29 is 28.6 Å². The summed E-state index contributed by atoms with van der Waals surface area (Å²) in [7, 11) is 0. The van der Waals surface area contributed by atoms with Crippen LogP contribution in [0, 0.1) is 0 Å². The van der Waals surface area contributed by atoms with Crippen molar-refractivity contribution in [3.63, 3.8) is 0 Å². The summed E-state index contributed by atoms with van der Waals surface area (Å²) in [5.74, 6) is -0.972. The number of ether oxygens (including phenoxy) is 3. The van der Waals surface area contributed by atoms with E-state index in [0.29, 0.717) is 19.3 Å². The largest absolute Gasteiger partial charge is 0.462 e. The van der Waals surface area contributed by atoms with Crippen molar-refractivity contribution in [1.29, 1.82) is 0 Å². The van der Waals surface area contributed by atoms with Gasteiger partial charge < -0.3 is 14.2 Å². The molecular formula is C54H90O6. The number of unbranched alkanes of at least 4 members (excludes halogenated alkanes) is 18. The zero-order chi connectivity index (χ0) is 43.7. The first kappa shape index (κ1) is 56.6. The third-order valence-electron chi connectivity index (χ3n) is 10.2. The van der Waals surface area contributed by atoms with Crippen LogP contribution in [0.4, 0.5) is 0 Å². The van der Waals surface area contributed by atoms with Crippen molar-refractivity contribution in [1.82, 2.24) is 0 Å². The topological polar surface area (TPSA) is 78.9 Å². The van der Waals surface area contributed by atoms with Crippen molar-refractivity contribution in [3.05, 3.63) is 85.1 Å². The van der Waals surface area contributed by atoms with E-state index in [-0.39, 0.29) is 37.5 Å². The molecule has 1 atom stereocenters. The zero-order valence-corrected chi connectivity index (χ0v) is 38.9. The summed E-state index contributed by atoms with van der Waals surface area (Å²) in [6, 6.07) is 0. The maximum atomic E-state index is 12.7. The van der Waals surface area contributed by atoms with Gasteiger partial charge in [-0.25, -0.2) is 0 Å². The van der Waals surface area contributed by atoms with Crippen molar-refractivity contribution in [2.75, 3.05) is 13.2 Å². The number of carbonyl (C=O) groups is 3. The average molecular weight is 835 g/mol. The molecule has 6 nitrogen and oxygen atoms in total. The van der Waals surface area contributed by atoms with Crippen LogP contribution >= 0.6 is 0 Å². The van der Waals surface area contributed by atoms with E-state index in [1.165, 1.54) is 77.0 Å². The Morgan fingerprint density at radius 2 is 0.650 bits per heavy atom. The van der Waals surface area contributed by atoms with Crippen LogP contribution in [0.1, 0.15) is 220 Å². The third-order valence-corrected chi connectivity index (χ3v) is 10.2. The molecule has 0 radical (unpaired) electrons. The Balaban J connectivity index is 4.29. The smallest absolute Gasteiger partial charge is 0.306 e. The first-order valence-electron chi connectivity index (χ1n) is 24.6. The zero-order valence-electron chi connectivity index (χ0n) is 38.9. The second kappa shape index (κ2) is 48.3. The molecular weight excluding hydrogens is 745 g/mol. The van der Waals surface area contributed by atoms with Crippen LogP contribution in [0.3, 0.4) is 0 Å². The normalized spacial score (nSPS) is 12.8. The minimum absolute atomic E-state index is 0.0944. The Hall–Kier alpha value is -3.41. The highest BCUT2D eigenvalue weighted by Crippen LogP contribution is 2.14. The van der Waals surface area contributed by atoms with E-state index in [0.717, 1.165) is 96.3 Å². The highest BCUT2D eigenvalue weighted by Gasteiger charge is 2.19. The van der Waals surface area contributed by atoms with E-state index in [9.17, 15) is 14.4 Å². The van der Waals surface area contributed by atoms with Gasteiger partial charge in [0.1, 0.15) is 13.2 Å². The summed E-state index contributed by atoms with van der Waals surface area (Å²) in [6.07, 6.45) is 61.8. The molecule has 0 amide bonds. The lowest BCUT2D eigenvalue weighted by Gasteiger charge is -2.18. The van der Waals surface area contributed by atoms with E-state index >= 15 is 0 Å². The number of carbonyl (C=O) groups excluding carboxylic acids is 3. The maximum Gasteiger partial charge on any atom is 0.306 e. The number of esters is 3. The van der Waals surface area contributed by atoms with Crippen LogP contribution in [0.5, 0.6) is 0 Å². The Morgan fingerprint density at radius 3 is 1.02 bits per heavy atom. The predicted octanol–water partition coefficient (Wildman–Crippen LogP) is 16.0. The quantitative estimate of drug-likeness (QED) is 0.0263. The van der Waals surface area contributed by atoms with Gasteiger partial charge in [0.05, 0.1) is 0 Å². The van der Waals surface area contributed by atoms with Gasteiger partial charge in [-0.1, -0.05) is 215 Å². The highest BCUT2D eigenvalue weighted by molar-refractivity contribution is 5.71. The fraction of sp³-hybridized carbons (Fsp3) is 0.685. The standard InChI is InChI=1S/C54H90O6/c1-4-7-10-13-15-17-19-21-23-24-25-26-27-28-29-30-31-33-34-36-38-41-44-47-53(56)59-50-51(49-58-52(55)46-43-40-12-9-6-3)60-54(57)48-45-42-39-37-35-32-22-20-18-16-14-11-8-5-2/h7,10,15,17,21,23,25-26,28-29,31,33,36,38,51H,4-6,8-9,11-14,16,18-20,22,24,27,30,32,34-35,37,39-50H2,1-3H3/b10-7-,17-15-,23-21-,26-25-,29-28-,33-31-,38-36-. The molecule has 0 saturated heterocycles. The predicted molar refractivity (Wildman–Crippen MR) is 256 cm³/mol. The Kier molecular flexibility index (Phi) is 45.5. The molecule has 342 valence electrons. The van der Waals surface area contributed by atoms with Gasteiger partial charge in [-0.2, -0.15) is 0 Å². The summed E-state index contributed by atoms with van der Waals surface area (Å²) in [5.41, 5.74) is 0. The summed E-state index contributed by atoms with van der Waals surface area (Å²) < 4.78 is 16.6. The lowest BCUT2D eigenvalue weighted by Crippen LogP contribution is -2.30. The average Bonchev–Trinajstić information content (AvgIpc) is 3.24. The maximum absolute atomic E-state index is 12.7. The van der Waals surface area contributed by atoms with E-state index in [1.54, 1.807) is 0 Å². The molecule has 0 aliphatic rings. The molecule has 0 rings (SSSR count). The van der Waals surface area contributed by atoms with Crippen LogP contribution in [0.2, 0.25) is 0 Å². The van der Waals surface area contributed by atoms with Gasteiger partial charge >= 0.3 is 17.9 Å². The van der Waals surface area contributed by atoms with Crippen molar-refractivity contribution >= 4 is 17.9 Å². The second-order valence-corrected chi connectivity index (χ2v) is 16.0. The summed E-state index contributed by atoms with van der Waals surface area (Å²) in [5, 5.41) is 0. The van der Waals surface area contributed by atoms with Gasteiger partial charge in [-0.15, -0.1) is 0 Å². The number of allylic oxidation sites excluding steroid dienone is 14. The van der Waals surface area contributed by atoms with Crippen LogP contribution in [0.15, 0.2) is 85.1 Å². The van der Waals surface area contributed by atoms with Crippen LogP contribution in [-0.2, 0) is 28.6 Å². The van der Waals surface area contributed by atoms with Crippen molar-refractivity contribution in [2.45, 2.75) is 226 Å². The number of hydrogen-bond acceptors (Lipinski definition) is 6. The van der Waals surface area contributed by atoms with E-state index in [1.807, 2.05) is 0 Å². The summed E-state index contributed by atoms with van der Waals surface area (Å²) in [6.45, 7) is 6.38. The fourth-order valence-corrected chi connectivity index (χ4v) is 6.49. The molecule has 0 saturated carbocycles. The molecule has 0 bridgehead atoms. The van der Waals surface area contributed by atoms with Crippen LogP contribution in [0.25, 0.3) is 0 Å². The van der Waals surface area contributed by atoms with Gasteiger partial charge in [-0.05, 0) is 70.6 Å². The van der Waals surface area contributed by atoms with E-state index in [2.05, 4.69) is 106 Å². The highest BCUT2D eigenvalue weighted by atomic mass is 16.6. The minimum atomic E-state index is -0.793. The molecule has 0 aliphatic heterocycles. The summed E-state index contributed by atoms with van der Waals surface area (Å²) >= 11 is 0. The molecule has 0 aromatic carbocycles. The van der Waals surface area contributed by atoms with E-state index in [4.69, 9.17) is 14.2 Å². The number of hydrogen-bond donors (Lipinski definition) is 0. The summed E-state index contributed by atoms with van der Waals surface area (Å²) in [4.78, 5) is 37.6. The lowest BCUT2D eigenvalue weighted by atomic mass is 10.0. The molecule has 1 unspecified atom stereocenters. The van der Waals surface area contributed by atoms with E-state index < -0.39 is 6.10 Å². The van der Waals surface area contributed by atoms with Crippen molar-refractivity contribution in [2.24, 2.45) is 0 Å². The monoisotopic (exact) mass is 835 g/mol. The molecule has 0 aliphatic carbocycles. The van der Waals surface area contributed by atoms with Gasteiger partial charge in [0.25, 0.3) is 0 Å². The molecule has 0 fully saturated rings. The molecule has 6 heteroatoms. The van der Waals surface area contributed by atoms with Gasteiger partial charge in [-0.3, -0.25) is 14.4 Å². The van der Waals surface area contributed by atoms with Gasteiger partial charge in [0, 0.05) is 19.3 Å². The number of rotatable bonds is 43. The molecule has 0 aromatic rings. The third kappa shape index (κ3) is 45.7. The lowest BCUT2D eigenvalue weighted by molar-refractivity contribution is -0.167. The molecule has 0 spiro atoms. The molecule has 0 N–H and O–H groups in total. The van der Waals surface area contributed by atoms with Crippen LogP contribution < -0.4 is 0 Å².